The zero-order valence-electron chi connectivity index (χ0n) is 14.7. The van der Waals surface area contributed by atoms with E-state index in [4.69, 9.17) is 0 Å². The fourth-order valence-electron chi connectivity index (χ4n) is 3.37. The first kappa shape index (κ1) is 19.0. The summed E-state index contributed by atoms with van der Waals surface area (Å²) in [5, 5.41) is 9.56. The van der Waals surface area contributed by atoms with Crippen molar-refractivity contribution in [2.75, 3.05) is 6.54 Å². The van der Waals surface area contributed by atoms with E-state index in [-0.39, 0.29) is 36.3 Å². The second-order valence-electron chi connectivity index (χ2n) is 6.70. The van der Waals surface area contributed by atoms with Crippen LogP contribution in [0.5, 0.6) is 0 Å². The molecule has 0 saturated carbocycles. The van der Waals surface area contributed by atoms with Crippen LogP contribution in [0.1, 0.15) is 27.9 Å². The smallest absolute Gasteiger partial charge is 0.254 e. The molecule has 1 saturated heterocycles. The first-order valence-electron chi connectivity index (χ1n) is 8.71. The fourth-order valence-corrected chi connectivity index (χ4v) is 3.37. The molecule has 0 bridgehead atoms. The number of likely N-dealkylation sites (tertiary alicyclic amines) is 1. The lowest BCUT2D eigenvalue weighted by Crippen LogP contribution is -2.37. The quantitative estimate of drug-likeness (QED) is 0.788. The highest BCUT2D eigenvalue weighted by Gasteiger charge is 2.37. The van der Waals surface area contributed by atoms with Crippen molar-refractivity contribution in [3.8, 4) is 0 Å². The number of hydrogen-bond donors (Lipinski definition) is 1. The minimum atomic E-state index is -1.32. The molecule has 0 aromatic heterocycles. The van der Waals surface area contributed by atoms with Crippen molar-refractivity contribution in [3.63, 3.8) is 0 Å². The first-order valence-corrected chi connectivity index (χ1v) is 8.71. The highest BCUT2D eigenvalue weighted by atomic mass is 19.1. The molecule has 0 aliphatic carbocycles. The molecule has 1 aliphatic rings. The number of aliphatic hydroxyl groups excluding tert-OH is 1. The van der Waals surface area contributed by atoms with E-state index in [1.54, 1.807) is 0 Å². The molecule has 2 aromatic rings. The van der Waals surface area contributed by atoms with Crippen molar-refractivity contribution >= 4 is 5.91 Å². The molecule has 0 radical (unpaired) electrons. The van der Waals surface area contributed by atoms with E-state index in [9.17, 15) is 23.1 Å². The predicted octanol–water partition coefficient (Wildman–Crippen LogP) is 4.37. The van der Waals surface area contributed by atoms with Crippen molar-refractivity contribution in [3.05, 3.63) is 83.1 Å². The molecule has 2 atom stereocenters. The summed E-state index contributed by atoms with van der Waals surface area (Å²) < 4.78 is 42.5. The number of halogens is 3. The van der Waals surface area contributed by atoms with Crippen LogP contribution in [0.2, 0.25) is 0 Å². The molecule has 1 fully saturated rings. The Kier molecular flexibility index (Phi) is 5.54. The van der Waals surface area contributed by atoms with Gasteiger partial charge in [0, 0.05) is 17.5 Å². The van der Waals surface area contributed by atoms with Crippen LogP contribution < -0.4 is 0 Å². The van der Waals surface area contributed by atoms with Gasteiger partial charge in [0.05, 0.1) is 12.6 Å². The van der Waals surface area contributed by atoms with E-state index >= 15 is 0 Å². The molecule has 1 aliphatic heterocycles. The van der Waals surface area contributed by atoms with E-state index in [2.05, 4.69) is 6.58 Å². The Morgan fingerprint density at radius 1 is 1.15 bits per heavy atom. The molecular weight excluding hydrogens is 355 g/mol. The summed E-state index contributed by atoms with van der Waals surface area (Å²) in [6, 6.07) is 10.3. The average Bonchev–Trinajstić information content (AvgIpc) is 3.03. The van der Waals surface area contributed by atoms with Gasteiger partial charge in [0.15, 0.2) is 0 Å². The molecular formula is C21H20F3NO2. The second kappa shape index (κ2) is 7.86. The third-order valence-corrected chi connectivity index (χ3v) is 4.79. The highest BCUT2D eigenvalue weighted by Crippen LogP contribution is 2.27. The number of amides is 1. The second-order valence-corrected chi connectivity index (χ2v) is 6.70. The Morgan fingerprint density at radius 3 is 2.37 bits per heavy atom. The number of carbonyl (C=O) groups excluding carboxylic acids is 1. The Morgan fingerprint density at radius 2 is 1.78 bits per heavy atom. The van der Waals surface area contributed by atoms with E-state index in [0.29, 0.717) is 6.42 Å². The molecule has 1 amide bonds. The number of rotatable bonds is 5. The van der Waals surface area contributed by atoms with Crippen LogP contribution >= 0.6 is 0 Å². The van der Waals surface area contributed by atoms with Crippen molar-refractivity contribution in [2.24, 2.45) is 0 Å². The summed E-state index contributed by atoms with van der Waals surface area (Å²) in [4.78, 5) is 13.6. The van der Waals surface area contributed by atoms with Crippen LogP contribution in [0, 0.1) is 11.6 Å². The Labute approximate surface area is 155 Å². The maximum Gasteiger partial charge on any atom is 0.254 e. The molecule has 1 heterocycles. The largest absolute Gasteiger partial charge is 0.511 e. The van der Waals surface area contributed by atoms with E-state index in [0.717, 1.165) is 22.6 Å². The lowest BCUT2D eigenvalue weighted by atomic mass is 10.0. The maximum atomic E-state index is 14.4. The van der Waals surface area contributed by atoms with Crippen LogP contribution in [0.15, 0.2) is 54.8 Å². The molecule has 27 heavy (non-hydrogen) atoms. The molecule has 6 heteroatoms. The third kappa shape index (κ3) is 4.15. The van der Waals surface area contributed by atoms with Gasteiger partial charge >= 0.3 is 0 Å². The zero-order chi connectivity index (χ0) is 19.6. The molecule has 3 nitrogen and oxygen atoms in total. The molecule has 1 N–H and O–H groups in total. The number of aryl methyl sites for hydroxylation is 1. The first-order chi connectivity index (χ1) is 12.9. The maximum absolute atomic E-state index is 14.4. The Bertz CT molecular complexity index is 831. The minimum absolute atomic E-state index is 0.0821. The van der Waals surface area contributed by atoms with Gasteiger partial charge in [-0.1, -0.05) is 36.9 Å². The van der Waals surface area contributed by atoms with Gasteiger partial charge in [-0.15, -0.1) is 0 Å². The van der Waals surface area contributed by atoms with Crippen molar-refractivity contribution in [2.45, 2.75) is 31.5 Å². The Hall–Kier alpha value is -2.76. The molecule has 2 aromatic carbocycles. The Balaban J connectivity index is 1.79. The van der Waals surface area contributed by atoms with Crippen LogP contribution in [-0.4, -0.2) is 34.7 Å². The zero-order valence-corrected chi connectivity index (χ0v) is 14.7. The summed E-state index contributed by atoms with van der Waals surface area (Å²) >= 11 is 0. The standard InChI is InChI=1S/C21H20F3NO2/c1-13(26)20-11-16(22)12-25(20)21(27)15-9-18(23)17(19(24)10-15)8-7-14-5-3-2-4-6-14/h2-6,9-10,16,20,26H,1,7-8,11-12H2. The van der Waals surface area contributed by atoms with Gasteiger partial charge in [-0.25, -0.2) is 13.2 Å². The number of nitrogens with zero attached hydrogens (tertiary/aromatic N) is 1. The van der Waals surface area contributed by atoms with Crippen molar-refractivity contribution in [1.82, 2.24) is 4.90 Å². The molecule has 3 rings (SSSR count). The third-order valence-electron chi connectivity index (χ3n) is 4.79. The van der Waals surface area contributed by atoms with Gasteiger partial charge in [0.2, 0.25) is 0 Å². The number of benzene rings is 2. The minimum Gasteiger partial charge on any atom is -0.511 e. The van der Waals surface area contributed by atoms with Crippen molar-refractivity contribution in [1.29, 1.82) is 0 Å². The SMILES string of the molecule is C=C(O)C1CC(F)CN1C(=O)c1cc(F)c(CCc2ccccc2)c(F)c1. The number of carbonyl (C=O) groups is 1. The van der Waals surface area contributed by atoms with Gasteiger partial charge in [0.25, 0.3) is 5.91 Å². The van der Waals surface area contributed by atoms with Crippen LogP contribution in [0.4, 0.5) is 13.2 Å². The topological polar surface area (TPSA) is 40.5 Å². The van der Waals surface area contributed by atoms with E-state index in [1.165, 1.54) is 0 Å². The number of aliphatic hydroxyl groups is 1. The summed E-state index contributed by atoms with van der Waals surface area (Å²) in [7, 11) is 0. The van der Waals surface area contributed by atoms with Gasteiger partial charge < -0.3 is 10.0 Å². The normalized spacial score (nSPS) is 19.3. The van der Waals surface area contributed by atoms with Gasteiger partial charge in [0.1, 0.15) is 23.6 Å². The lowest BCUT2D eigenvalue weighted by molar-refractivity contribution is 0.0722. The van der Waals surface area contributed by atoms with Crippen LogP contribution in [0.25, 0.3) is 0 Å². The summed E-state index contributed by atoms with van der Waals surface area (Å²) in [6.45, 7) is 3.10. The monoisotopic (exact) mass is 375 g/mol. The van der Waals surface area contributed by atoms with E-state index < -0.39 is 29.8 Å². The molecule has 142 valence electrons. The highest BCUT2D eigenvalue weighted by molar-refractivity contribution is 5.95. The lowest BCUT2D eigenvalue weighted by Gasteiger charge is -2.23. The van der Waals surface area contributed by atoms with Crippen LogP contribution in [0.3, 0.4) is 0 Å². The molecule has 0 spiro atoms. The van der Waals surface area contributed by atoms with Gasteiger partial charge in [-0.05, 0) is 30.5 Å². The van der Waals surface area contributed by atoms with E-state index in [1.807, 2.05) is 30.3 Å². The fraction of sp³-hybridized carbons (Fsp3) is 0.286. The summed E-state index contributed by atoms with van der Waals surface area (Å²) in [5.41, 5.74) is 0.643. The predicted molar refractivity (Wildman–Crippen MR) is 96.3 cm³/mol. The number of hydrogen-bond acceptors (Lipinski definition) is 2. The summed E-state index contributed by atoms with van der Waals surface area (Å²) in [5.74, 6) is -2.71. The van der Waals surface area contributed by atoms with Gasteiger partial charge in [-0.2, -0.15) is 0 Å². The van der Waals surface area contributed by atoms with Crippen LogP contribution in [-0.2, 0) is 12.8 Å². The molecule has 2 unspecified atom stereocenters. The van der Waals surface area contributed by atoms with Gasteiger partial charge in [-0.3, -0.25) is 4.79 Å². The number of alkyl halides is 1. The van der Waals surface area contributed by atoms with Crippen molar-refractivity contribution < 1.29 is 23.1 Å². The summed E-state index contributed by atoms with van der Waals surface area (Å²) in [6.07, 6.45) is -0.782. The average molecular weight is 375 g/mol.